The Morgan fingerprint density at radius 3 is 2.45 bits per heavy atom. The van der Waals surface area contributed by atoms with E-state index in [1.54, 1.807) is 0 Å². The first-order valence-corrected chi connectivity index (χ1v) is 3.61. The monoisotopic (exact) mass is 154 g/mol. The predicted octanol–water partition coefficient (Wildman–Crippen LogP) is 1.56. The van der Waals surface area contributed by atoms with Crippen molar-refractivity contribution in [1.29, 1.82) is 0 Å². The van der Waals surface area contributed by atoms with Crippen LogP contribution in [0.15, 0.2) is 30.3 Å². The van der Waals surface area contributed by atoms with Crippen molar-refractivity contribution < 1.29 is 9.50 Å². The fraction of sp³-hybridized carbons (Fsp3) is 0.333. The van der Waals surface area contributed by atoms with Gasteiger partial charge in [-0.15, -0.1) is 0 Å². The predicted molar refractivity (Wildman–Crippen MR) is 42.1 cm³/mol. The summed E-state index contributed by atoms with van der Waals surface area (Å²) in [5.41, 5.74) is 0.970. The number of aliphatic hydroxyl groups is 1. The van der Waals surface area contributed by atoms with E-state index in [-0.39, 0.29) is 0 Å². The summed E-state index contributed by atoms with van der Waals surface area (Å²) in [5, 5.41) is 8.94. The highest BCUT2D eigenvalue weighted by molar-refractivity contribution is 5.15. The average Bonchev–Trinajstić information content (AvgIpc) is 2.06. The van der Waals surface area contributed by atoms with Crippen molar-refractivity contribution in [2.45, 2.75) is 12.5 Å². The summed E-state index contributed by atoms with van der Waals surface area (Å²) in [6.45, 7) is -0.672. The molecule has 0 aromatic heterocycles. The van der Waals surface area contributed by atoms with Crippen molar-refractivity contribution in [3.63, 3.8) is 0 Å². The molecular formula is C9H11FO. The molecule has 0 unspecified atom stereocenters. The van der Waals surface area contributed by atoms with Crippen LogP contribution >= 0.6 is 0 Å². The highest BCUT2D eigenvalue weighted by Crippen LogP contribution is 2.02. The van der Waals surface area contributed by atoms with Crippen LogP contribution in [-0.4, -0.2) is 17.9 Å². The highest BCUT2D eigenvalue weighted by Gasteiger charge is 2.02. The summed E-state index contributed by atoms with van der Waals surface area (Å²) in [6, 6.07) is 9.39. The molecule has 0 aliphatic heterocycles. The summed E-state index contributed by atoms with van der Waals surface area (Å²) in [7, 11) is 0. The smallest absolute Gasteiger partial charge is 0.116 e. The number of halogens is 1. The molecule has 0 amide bonds. The minimum Gasteiger partial charge on any atom is -0.390 e. The Morgan fingerprint density at radius 2 is 1.91 bits per heavy atom. The Morgan fingerprint density at radius 1 is 1.27 bits per heavy atom. The Bertz CT molecular complexity index is 198. The Balaban J connectivity index is 2.51. The third-order valence-electron chi connectivity index (χ3n) is 1.49. The van der Waals surface area contributed by atoms with Gasteiger partial charge in [-0.2, -0.15) is 0 Å². The number of hydrogen-bond donors (Lipinski definition) is 1. The van der Waals surface area contributed by atoms with Gasteiger partial charge in [-0.25, -0.2) is 4.39 Å². The van der Waals surface area contributed by atoms with Gasteiger partial charge in [0.2, 0.25) is 0 Å². The van der Waals surface area contributed by atoms with E-state index < -0.39 is 12.8 Å². The van der Waals surface area contributed by atoms with Gasteiger partial charge in [-0.3, -0.25) is 0 Å². The van der Waals surface area contributed by atoms with Crippen molar-refractivity contribution in [2.75, 3.05) is 6.67 Å². The van der Waals surface area contributed by atoms with Gasteiger partial charge in [0.1, 0.15) is 6.67 Å². The van der Waals surface area contributed by atoms with E-state index in [2.05, 4.69) is 0 Å². The van der Waals surface area contributed by atoms with Crippen molar-refractivity contribution in [1.82, 2.24) is 0 Å². The molecule has 1 rings (SSSR count). The quantitative estimate of drug-likeness (QED) is 0.700. The molecule has 0 bridgehead atoms. The Hall–Kier alpha value is -0.890. The van der Waals surface area contributed by atoms with Crippen molar-refractivity contribution in [3.05, 3.63) is 35.9 Å². The van der Waals surface area contributed by atoms with E-state index in [1.807, 2.05) is 30.3 Å². The van der Waals surface area contributed by atoms with Crippen LogP contribution in [0.1, 0.15) is 5.56 Å². The van der Waals surface area contributed by atoms with E-state index in [0.29, 0.717) is 6.42 Å². The summed E-state index contributed by atoms with van der Waals surface area (Å²) < 4.78 is 11.8. The molecule has 60 valence electrons. The van der Waals surface area contributed by atoms with Crippen LogP contribution < -0.4 is 0 Å². The summed E-state index contributed by atoms with van der Waals surface area (Å²) >= 11 is 0. The van der Waals surface area contributed by atoms with E-state index in [0.717, 1.165) is 5.56 Å². The molecule has 0 aliphatic carbocycles. The van der Waals surface area contributed by atoms with Crippen molar-refractivity contribution >= 4 is 0 Å². The van der Waals surface area contributed by atoms with Gasteiger partial charge >= 0.3 is 0 Å². The Kier molecular flexibility index (Phi) is 3.05. The molecule has 1 N–H and O–H groups in total. The van der Waals surface area contributed by atoms with Gasteiger partial charge in [0.05, 0.1) is 6.10 Å². The summed E-state index contributed by atoms with van der Waals surface area (Å²) in [5.74, 6) is 0. The molecule has 0 aliphatic rings. The third-order valence-corrected chi connectivity index (χ3v) is 1.49. The number of benzene rings is 1. The zero-order valence-corrected chi connectivity index (χ0v) is 6.20. The number of rotatable bonds is 3. The molecule has 11 heavy (non-hydrogen) atoms. The topological polar surface area (TPSA) is 20.2 Å². The highest BCUT2D eigenvalue weighted by atomic mass is 19.1. The first-order valence-electron chi connectivity index (χ1n) is 3.61. The van der Waals surface area contributed by atoms with E-state index >= 15 is 0 Å². The first kappa shape index (κ1) is 8.21. The van der Waals surface area contributed by atoms with E-state index in [1.165, 1.54) is 0 Å². The van der Waals surface area contributed by atoms with Crippen LogP contribution in [0.3, 0.4) is 0 Å². The van der Waals surface area contributed by atoms with Gasteiger partial charge in [0, 0.05) is 6.42 Å². The normalized spacial score (nSPS) is 12.9. The minimum atomic E-state index is -0.850. The molecular weight excluding hydrogens is 143 g/mol. The van der Waals surface area contributed by atoms with Crippen LogP contribution in [0.5, 0.6) is 0 Å². The van der Waals surface area contributed by atoms with Crippen LogP contribution in [0.2, 0.25) is 0 Å². The molecule has 0 spiro atoms. The number of alkyl halides is 1. The van der Waals surface area contributed by atoms with Crippen LogP contribution in [-0.2, 0) is 6.42 Å². The lowest BCUT2D eigenvalue weighted by atomic mass is 10.1. The largest absolute Gasteiger partial charge is 0.390 e. The zero-order valence-electron chi connectivity index (χ0n) is 6.20. The van der Waals surface area contributed by atoms with Gasteiger partial charge < -0.3 is 5.11 Å². The third kappa shape index (κ3) is 2.68. The van der Waals surface area contributed by atoms with E-state index in [9.17, 15) is 4.39 Å². The molecule has 1 atom stereocenters. The number of hydrogen-bond acceptors (Lipinski definition) is 1. The van der Waals surface area contributed by atoms with E-state index in [4.69, 9.17) is 5.11 Å². The van der Waals surface area contributed by atoms with Gasteiger partial charge in [-0.1, -0.05) is 30.3 Å². The van der Waals surface area contributed by atoms with Crippen LogP contribution in [0, 0.1) is 0 Å². The molecule has 0 fully saturated rings. The number of aliphatic hydroxyl groups excluding tert-OH is 1. The fourth-order valence-corrected chi connectivity index (χ4v) is 0.941. The lowest BCUT2D eigenvalue weighted by Crippen LogP contribution is -2.12. The maximum Gasteiger partial charge on any atom is 0.116 e. The molecule has 1 aromatic carbocycles. The standard InChI is InChI=1S/C9H11FO/c10-7-9(11)6-8-4-2-1-3-5-8/h1-5,9,11H,6-7H2/t9-/m0/s1. The lowest BCUT2D eigenvalue weighted by Gasteiger charge is -2.04. The lowest BCUT2D eigenvalue weighted by molar-refractivity contribution is 0.140. The van der Waals surface area contributed by atoms with Gasteiger partial charge in [0.25, 0.3) is 0 Å². The van der Waals surface area contributed by atoms with Gasteiger partial charge in [-0.05, 0) is 5.56 Å². The second kappa shape index (κ2) is 4.09. The van der Waals surface area contributed by atoms with Crippen molar-refractivity contribution in [2.24, 2.45) is 0 Å². The average molecular weight is 154 g/mol. The summed E-state index contributed by atoms with van der Waals surface area (Å²) in [4.78, 5) is 0. The SMILES string of the molecule is O[C@H](CF)Cc1ccccc1. The molecule has 2 heteroatoms. The molecule has 0 radical (unpaired) electrons. The Labute approximate surface area is 65.5 Å². The molecule has 1 nitrogen and oxygen atoms in total. The second-order valence-corrected chi connectivity index (χ2v) is 2.50. The maximum absolute atomic E-state index is 11.8. The maximum atomic E-state index is 11.8. The fourth-order valence-electron chi connectivity index (χ4n) is 0.941. The van der Waals surface area contributed by atoms with Gasteiger partial charge in [0.15, 0.2) is 0 Å². The summed E-state index contributed by atoms with van der Waals surface area (Å²) in [6.07, 6.45) is -0.449. The molecule has 0 heterocycles. The molecule has 1 aromatic rings. The molecule has 0 saturated heterocycles. The van der Waals surface area contributed by atoms with Crippen LogP contribution in [0.4, 0.5) is 4.39 Å². The zero-order chi connectivity index (χ0) is 8.10. The van der Waals surface area contributed by atoms with Crippen molar-refractivity contribution in [3.8, 4) is 0 Å². The van der Waals surface area contributed by atoms with Crippen LogP contribution in [0.25, 0.3) is 0 Å². The molecule has 0 saturated carbocycles. The second-order valence-electron chi connectivity index (χ2n) is 2.50. The first-order chi connectivity index (χ1) is 5.33. The minimum absolute atomic E-state index is 0.400.